The number of aryl methyl sites for hydroxylation is 1. The summed E-state index contributed by atoms with van der Waals surface area (Å²) in [7, 11) is 0. The van der Waals surface area contributed by atoms with Crippen molar-refractivity contribution in [1.29, 1.82) is 0 Å². The average Bonchev–Trinajstić information content (AvgIpc) is 3.36. The smallest absolute Gasteiger partial charge is 0.254 e. The number of carbonyl (C=O) groups is 1. The average molecular weight is 381 g/mol. The van der Waals surface area contributed by atoms with Crippen molar-refractivity contribution in [2.45, 2.75) is 25.3 Å². The second kappa shape index (κ2) is 6.80. The van der Waals surface area contributed by atoms with Gasteiger partial charge in [-0.05, 0) is 55.2 Å². The number of ether oxygens (including phenoxy) is 1. The predicted molar refractivity (Wildman–Crippen MR) is 109 cm³/mol. The van der Waals surface area contributed by atoms with Gasteiger partial charge in [0.15, 0.2) is 0 Å². The zero-order valence-corrected chi connectivity index (χ0v) is 16.3. The molecular formula is C22H24N2O2S. The second-order valence-electron chi connectivity index (χ2n) is 7.63. The zero-order valence-electron chi connectivity index (χ0n) is 15.5. The van der Waals surface area contributed by atoms with E-state index in [-0.39, 0.29) is 5.91 Å². The Morgan fingerprint density at radius 1 is 1.22 bits per heavy atom. The van der Waals surface area contributed by atoms with E-state index in [1.54, 1.807) is 0 Å². The van der Waals surface area contributed by atoms with E-state index < -0.39 is 0 Å². The highest BCUT2D eigenvalue weighted by molar-refractivity contribution is 7.12. The molecule has 0 bridgehead atoms. The van der Waals surface area contributed by atoms with Crippen LogP contribution in [-0.4, -0.2) is 37.1 Å². The lowest BCUT2D eigenvalue weighted by Gasteiger charge is -2.37. The van der Waals surface area contributed by atoms with Crippen molar-refractivity contribution in [2.24, 2.45) is 5.92 Å². The molecule has 1 aromatic carbocycles. The molecule has 0 saturated carbocycles. The first-order valence-electron chi connectivity index (χ1n) is 9.71. The number of carbonyl (C=O) groups excluding carboxylic acids is 1. The van der Waals surface area contributed by atoms with Crippen LogP contribution in [0.1, 0.15) is 44.1 Å². The molecular weight excluding hydrogens is 356 g/mol. The van der Waals surface area contributed by atoms with Crippen LogP contribution in [0.4, 0.5) is 5.69 Å². The summed E-state index contributed by atoms with van der Waals surface area (Å²) in [6.07, 6.45) is 5.72. The first-order valence-corrected chi connectivity index (χ1v) is 10.5. The lowest BCUT2D eigenvalue weighted by molar-refractivity contribution is 0.0303. The molecule has 1 saturated heterocycles. The van der Waals surface area contributed by atoms with Gasteiger partial charge in [0.1, 0.15) is 0 Å². The van der Waals surface area contributed by atoms with Crippen LogP contribution in [0.25, 0.3) is 0 Å². The fourth-order valence-corrected chi connectivity index (χ4v) is 5.58. The summed E-state index contributed by atoms with van der Waals surface area (Å²) in [5, 5.41) is 3.77. The molecule has 1 amide bonds. The van der Waals surface area contributed by atoms with Gasteiger partial charge in [-0.2, -0.15) is 0 Å². The Labute approximate surface area is 163 Å². The molecule has 3 aliphatic rings. The summed E-state index contributed by atoms with van der Waals surface area (Å²) in [4.78, 5) is 17.6. The monoisotopic (exact) mass is 380 g/mol. The Morgan fingerprint density at radius 3 is 2.85 bits per heavy atom. The molecule has 0 radical (unpaired) electrons. The van der Waals surface area contributed by atoms with Gasteiger partial charge in [-0.1, -0.05) is 12.2 Å². The summed E-state index contributed by atoms with van der Waals surface area (Å²) in [6.45, 7) is 4.79. The number of anilines is 1. The van der Waals surface area contributed by atoms with Crippen molar-refractivity contribution in [2.75, 3.05) is 31.6 Å². The fraction of sp³-hybridized carbons (Fsp3) is 0.409. The van der Waals surface area contributed by atoms with Crippen LogP contribution in [0.3, 0.4) is 0 Å². The Balaban J connectivity index is 1.47. The summed E-state index contributed by atoms with van der Waals surface area (Å²) < 4.78 is 5.38. The van der Waals surface area contributed by atoms with Crippen molar-refractivity contribution in [3.63, 3.8) is 0 Å². The lowest BCUT2D eigenvalue weighted by Crippen LogP contribution is -2.40. The molecule has 27 heavy (non-hydrogen) atoms. The van der Waals surface area contributed by atoms with Gasteiger partial charge in [-0.3, -0.25) is 4.79 Å². The van der Waals surface area contributed by atoms with Gasteiger partial charge < -0.3 is 15.0 Å². The van der Waals surface area contributed by atoms with E-state index in [1.807, 2.05) is 22.3 Å². The molecule has 140 valence electrons. The number of fused-ring (bicyclic) bond motifs is 3. The van der Waals surface area contributed by atoms with E-state index in [4.69, 9.17) is 4.74 Å². The summed E-state index contributed by atoms with van der Waals surface area (Å²) in [5.41, 5.74) is 3.22. The van der Waals surface area contributed by atoms with Gasteiger partial charge in [-0.15, -0.1) is 11.3 Å². The molecule has 3 heterocycles. The summed E-state index contributed by atoms with van der Waals surface area (Å²) >= 11 is 1.88. The van der Waals surface area contributed by atoms with Crippen LogP contribution in [0, 0.1) is 12.8 Å². The van der Waals surface area contributed by atoms with Crippen molar-refractivity contribution >= 4 is 22.9 Å². The molecule has 5 heteroatoms. The number of hydrogen-bond donors (Lipinski definition) is 1. The first-order chi connectivity index (χ1) is 13.2. The maximum Gasteiger partial charge on any atom is 0.254 e. The third-order valence-electron chi connectivity index (χ3n) is 5.98. The zero-order chi connectivity index (χ0) is 18.4. The standard InChI is InChI=1S/C22H24N2O2S/c1-14-5-8-20(27-14)21-17-4-2-3-16(17)18-13-15(6-7-19(18)23-21)22(25)24-9-11-26-12-10-24/h2-3,5-8,13,16-17,21,23H,4,9-12H2,1H3. The van der Waals surface area contributed by atoms with Gasteiger partial charge in [0, 0.05) is 40.0 Å². The summed E-state index contributed by atoms with van der Waals surface area (Å²) in [6, 6.07) is 11.0. The van der Waals surface area contributed by atoms with Gasteiger partial charge in [0.2, 0.25) is 0 Å². The molecule has 3 unspecified atom stereocenters. The quantitative estimate of drug-likeness (QED) is 0.788. The topological polar surface area (TPSA) is 41.6 Å². The van der Waals surface area contributed by atoms with Crippen molar-refractivity contribution in [1.82, 2.24) is 4.90 Å². The molecule has 3 atom stereocenters. The van der Waals surface area contributed by atoms with Gasteiger partial charge in [0.25, 0.3) is 5.91 Å². The third-order valence-corrected chi connectivity index (χ3v) is 7.06. The fourth-order valence-electron chi connectivity index (χ4n) is 4.58. The van der Waals surface area contributed by atoms with E-state index in [0.29, 0.717) is 44.2 Å². The normalized spacial score (nSPS) is 26.4. The highest BCUT2D eigenvalue weighted by Gasteiger charge is 2.38. The van der Waals surface area contributed by atoms with Gasteiger partial charge >= 0.3 is 0 Å². The number of morpholine rings is 1. The highest BCUT2D eigenvalue weighted by atomic mass is 32.1. The Hall–Kier alpha value is -2.11. The number of hydrogen-bond acceptors (Lipinski definition) is 4. The number of allylic oxidation sites excluding steroid dienone is 2. The maximum atomic E-state index is 12.9. The van der Waals surface area contributed by atoms with Crippen LogP contribution in [0.5, 0.6) is 0 Å². The van der Waals surface area contributed by atoms with Crippen molar-refractivity contribution < 1.29 is 9.53 Å². The van der Waals surface area contributed by atoms with Crippen LogP contribution < -0.4 is 5.32 Å². The predicted octanol–water partition coefficient (Wildman–Crippen LogP) is 4.36. The molecule has 0 spiro atoms. The lowest BCUT2D eigenvalue weighted by atomic mass is 9.78. The van der Waals surface area contributed by atoms with Crippen LogP contribution in [0.2, 0.25) is 0 Å². The van der Waals surface area contributed by atoms with E-state index in [9.17, 15) is 4.79 Å². The van der Waals surface area contributed by atoms with Crippen molar-refractivity contribution in [3.05, 3.63) is 63.4 Å². The minimum atomic E-state index is 0.121. The van der Waals surface area contributed by atoms with Crippen LogP contribution in [-0.2, 0) is 4.74 Å². The van der Waals surface area contributed by atoms with E-state index >= 15 is 0 Å². The Bertz CT molecular complexity index is 897. The van der Waals surface area contributed by atoms with Crippen LogP contribution in [0.15, 0.2) is 42.5 Å². The minimum absolute atomic E-state index is 0.121. The van der Waals surface area contributed by atoms with Crippen molar-refractivity contribution in [3.8, 4) is 0 Å². The SMILES string of the molecule is Cc1ccc(C2Nc3ccc(C(=O)N4CCOCC4)cc3C3C=CCC32)s1. The third kappa shape index (κ3) is 2.99. The Kier molecular flexibility index (Phi) is 4.29. The molecule has 4 nitrogen and oxygen atoms in total. The minimum Gasteiger partial charge on any atom is -0.378 e. The molecule has 2 aliphatic heterocycles. The van der Waals surface area contributed by atoms with E-state index in [2.05, 4.69) is 48.7 Å². The maximum absolute atomic E-state index is 12.9. The number of nitrogens with zero attached hydrogens (tertiary/aromatic N) is 1. The second-order valence-corrected chi connectivity index (χ2v) is 8.95. The number of thiophene rings is 1. The number of rotatable bonds is 2. The van der Waals surface area contributed by atoms with Gasteiger partial charge in [-0.25, -0.2) is 0 Å². The van der Waals surface area contributed by atoms with E-state index in [1.165, 1.54) is 15.3 Å². The molecule has 5 rings (SSSR count). The number of benzene rings is 1. The molecule has 1 aliphatic carbocycles. The summed E-state index contributed by atoms with van der Waals surface area (Å²) in [5.74, 6) is 1.02. The Morgan fingerprint density at radius 2 is 2.07 bits per heavy atom. The van der Waals surface area contributed by atoms with Crippen LogP contribution >= 0.6 is 11.3 Å². The largest absolute Gasteiger partial charge is 0.378 e. The first kappa shape index (κ1) is 17.0. The van der Waals surface area contributed by atoms with Gasteiger partial charge in [0.05, 0.1) is 19.3 Å². The highest BCUT2D eigenvalue weighted by Crippen LogP contribution is 2.50. The number of amides is 1. The molecule has 1 aromatic heterocycles. The van der Waals surface area contributed by atoms with E-state index in [0.717, 1.165) is 17.7 Å². The molecule has 1 N–H and O–H groups in total. The number of nitrogens with one attached hydrogen (secondary N) is 1. The molecule has 2 aromatic rings. The molecule has 1 fully saturated rings.